The van der Waals surface area contributed by atoms with Crippen LogP contribution in [-0.2, 0) is 6.42 Å². The van der Waals surface area contributed by atoms with Crippen molar-refractivity contribution in [2.24, 2.45) is 0 Å². The van der Waals surface area contributed by atoms with Crippen LogP contribution in [0.1, 0.15) is 22.6 Å². The van der Waals surface area contributed by atoms with Gasteiger partial charge in [-0.1, -0.05) is 133 Å². The van der Waals surface area contributed by atoms with Gasteiger partial charge in [-0.2, -0.15) is 0 Å². The van der Waals surface area contributed by atoms with Crippen molar-refractivity contribution in [1.29, 1.82) is 0 Å². The molecule has 50 heavy (non-hydrogen) atoms. The van der Waals surface area contributed by atoms with Crippen LogP contribution in [0.4, 0.5) is 0 Å². The Bertz CT molecular complexity index is 3130. The molecule has 0 amide bonds. The molecule has 0 N–H and O–H groups in total. The van der Waals surface area contributed by atoms with Crippen molar-refractivity contribution in [3.8, 4) is 27.9 Å². The first-order valence-corrected chi connectivity index (χ1v) is 17.5. The van der Waals surface area contributed by atoms with E-state index in [-0.39, 0.29) is 0 Å². The highest BCUT2D eigenvalue weighted by Gasteiger charge is 2.30. The Labute approximate surface area is 288 Å². The summed E-state index contributed by atoms with van der Waals surface area (Å²) in [5.41, 5.74) is 14.8. The van der Waals surface area contributed by atoms with Crippen LogP contribution in [0.2, 0.25) is 0 Å². The molecule has 0 radical (unpaired) electrons. The van der Waals surface area contributed by atoms with Crippen LogP contribution in [-0.4, -0.2) is 4.57 Å². The van der Waals surface area contributed by atoms with Crippen molar-refractivity contribution in [1.82, 2.24) is 4.57 Å². The number of rotatable bonds is 2. The third-order valence-electron chi connectivity index (χ3n) is 11.5. The molecule has 0 saturated heterocycles. The maximum atomic E-state index is 6.49. The van der Waals surface area contributed by atoms with Gasteiger partial charge in [0.1, 0.15) is 11.2 Å². The zero-order valence-corrected chi connectivity index (χ0v) is 27.2. The van der Waals surface area contributed by atoms with E-state index in [1.165, 1.54) is 76.9 Å². The molecule has 2 heterocycles. The molecule has 10 aromatic rings. The summed E-state index contributed by atoms with van der Waals surface area (Å²) in [5.74, 6) is 0.367. The Balaban J connectivity index is 1.18. The highest BCUT2D eigenvalue weighted by molar-refractivity contribution is 6.20. The Kier molecular flexibility index (Phi) is 5.11. The molecule has 8 aromatic carbocycles. The van der Waals surface area contributed by atoms with Crippen molar-refractivity contribution in [2.45, 2.75) is 12.3 Å². The lowest BCUT2D eigenvalue weighted by atomic mass is 9.72. The molecule has 2 aliphatic rings. The van der Waals surface area contributed by atoms with Crippen LogP contribution < -0.4 is 0 Å². The Morgan fingerprint density at radius 1 is 0.520 bits per heavy atom. The van der Waals surface area contributed by atoms with E-state index in [0.29, 0.717) is 5.92 Å². The minimum absolute atomic E-state index is 0.367. The number of para-hydroxylation sites is 3. The van der Waals surface area contributed by atoms with Gasteiger partial charge in [-0.3, -0.25) is 0 Å². The fourth-order valence-corrected chi connectivity index (χ4v) is 9.38. The fourth-order valence-electron chi connectivity index (χ4n) is 9.38. The van der Waals surface area contributed by atoms with E-state index in [4.69, 9.17) is 4.42 Å². The smallest absolute Gasteiger partial charge is 0.143 e. The zero-order valence-electron chi connectivity index (χ0n) is 27.2. The number of allylic oxidation sites excluding steroid dienone is 1. The number of furan rings is 1. The molecule has 2 nitrogen and oxygen atoms in total. The standard InChI is InChI=1S/C48H29NO/c1-2-11-31-28(10-1)26-30-20-22-37-33-12-3-4-15-38(33)47(40-24-23-36(31)45(30)46(37)40)49-42-18-7-5-13-34(42)41-27-29(21-25-43(41)49)32-16-9-17-39-35-14-6-8-19-44(35)50-48(32)39/h1-25,27,30H,26H2. The number of benzene rings is 8. The van der Waals surface area contributed by atoms with Crippen LogP contribution in [0.15, 0.2) is 156 Å². The highest BCUT2D eigenvalue weighted by atomic mass is 16.3. The summed E-state index contributed by atoms with van der Waals surface area (Å²) >= 11 is 0. The van der Waals surface area contributed by atoms with Gasteiger partial charge in [0.25, 0.3) is 0 Å². The second-order valence-electron chi connectivity index (χ2n) is 13.9. The number of fused-ring (bicyclic) bond motifs is 10. The number of aromatic nitrogens is 1. The van der Waals surface area contributed by atoms with E-state index in [1.54, 1.807) is 0 Å². The molecule has 2 aromatic heterocycles. The van der Waals surface area contributed by atoms with Crippen molar-refractivity contribution in [2.75, 3.05) is 0 Å². The SMILES string of the molecule is C1=CC2Cc3ccccc3-c3ccc4c(-n5c6ccccc6c6cc(-c7cccc8c7oc7ccccc78)ccc65)c5ccccc5c1c4c32. The minimum atomic E-state index is 0.367. The van der Waals surface area contributed by atoms with Gasteiger partial charge in [-0.05, 0) is 74.8 Å². The number of hydrogen-bond donors (Lipinski definition) is 0. The first-order chi connectivity index (χ1) is 24.8. The van der Waals surface area contributed by atoms with E-state index in [9.17, 15) is 0 Å². The second kappa shape index (κ2) is 9.62. The molecule has 0 bridgehead atoms. The van der Waals surface area contributed by atoms with Crippen LogP contribution in [0.5, 0.6) is 0 Å². The maximum Gasteiger partial charge on any atom is 0.143 e. The average molecular weight is 636 g/mol. The van der Waals surface area contributed by atoms with Crippen LogP contribution in [0.3, 0.4) is 0 Å². The Morgan fingerprint density at radius 3 is 2.20 bits per heavy atom. The molecule has 2 heteroatoms. The molecule has 2 aliphatic carbocycles. The second-order valence-corrected chi connectivity index (χ2v) is 13.9. The summed E-state index contributed by atoms with van der Waals surface area (Å²) < 4.78 is 9.03. The van der Waals surface area contributed by atoms with Crippen molar-refractivity contribution >= 4 is 71.4 Å². The quantitative estimate of drug-likeness (QED) is 0.173. The molecular weight excluding hydrogens is 607 g/mol. The molecule has 0 saturated carbocycles. The summed E-state index contributed by atoms with van der Waals surface area (Å²) in [7, 11) is 0. The summed E-state index contributed by atoms with van der Waals surface area (Å²) in [6, 6.07) is 53.5. The number of nitrogens with zero attached hydrogens (tertiary/aromatic N) is 1. The molecule has 12 rings (SSSR count). The molecule has 232 valence electrons. The molecule has 0 spiro atoms. The predicted molar refractivity (Wildman–Crippen MR) is 209 cm³/mol. The third-order valence-corrected chi connectivity index (χ3v) is 11.5. The van der Waals surface area contributed by atoms with E-state index in [0.717, 1.165) is 39.5 Å². The lowest BCUT2D eigenvalue weighted by Gasteiger charge is -2.32. The summed E-state index contributed by atoms with van der Waals surface area (Å²) in [6.07, 6.45) is 5.89. The van der Waals surface area contributed by atoms with E-state index >= 15 is 0 Å². The first kappa shape index (κ1) is 26.6. The predicted octanol–water partition coefficient (Wildman–Crippen LogP) is 13.0. The molecular formula is C48H29NO. The monoisotopic (exact) mass is 635 g/mol. The summed E-state index contributed by atoms with van der Waals surface area (Å²) in [4.78, 5) is 0. The minimum Gasteiger partial charge on any atom is -0.455 e. The zero-order chi connectivity index (χ0) is 32.5. The normalized spacial score (nSPS) is 14.8. The van der Waals surface area contributed by atoms with Gasteiger partial charge in [-0.15, -0.1) is 0 Å². The number of hydrogen-bond acceptors (Lipinski definition) is 1. The lowest BCUT2D eigenvalue weighted by molar-refractivity contribution is 0.670. The van der Waals surface area contributed by atoms with Gasteiger partial charge in [0, 0.05) is 43.8 Å². The van der Waals surface area contributed by atoms with Crippen molar-refractivity contribution < 1.29 is 4.42 Å². The van der Waals surface area contributed by atoms with Gasteiger partial charge >= 0.3 is 0 Å². The molecule has 0 fully saturated rings. The Hall–Kier alpha value is -6.38. The van der Waals surface area contributed by atoms with Gasteiger partial charge in [0.15, 0.2) is 0 Å². The average Bonchev–Trinajstić information content (AvgIpc) is 3.72. The van der Waals surface area contributed by atoms with Gasteiger partial charge < -0.3 is 8.98 Å². The van der Waals surface area contributed by atoms with Crippen molar-refractivity contribution in [3.05, 3.63) is 168 Å². The van der Waals surface area contributed by atoms with Crippen LogP contribution >= 0.6 is 0 Å². The summed E-state index contributed by atoms with van der Waals surface area (Å²) in [5, 5.41) is 10.1. The van der Waals surface area contributed by atoms with E-state index in [2.05, 4.69) is 156 Å². The van der Waals surface area contributed by atoms with E-state index in [1.807, 2.05) is 6.07 Å². The fraction of sp³-hybridized carbons (Fsp3) is 0.0417. The molecule has 1 atom stereocenters. The largest absolute Gasteiger partial charge is 0.455 e. The van der Waals surface area contributed by atoms with Gasteiger partial charge in [0.2, 0.25) is 0 Å². The third kappa shape index (κ3) is 3.38. The van der Waals surface area contributed by atoms with Crippen molar-refractivity contribution in [3.63, 3.8) is 0 Å². The van der Waals surface area contributed by atoms with Gasteiger partial charge in [0.05, 0.1) is 16.7 Å². The van der Waals surface area contributed by atoms with Crippen LogP contribution in [0, 0.1) is 0 Å². The van der Waals surface area contributed by atoms with Crippen LogP contribution in [0.25, 0.3) is 99.3 Å². The summed E-state index contributed by atoms with van der Waals surface area (Å²) in [6.45, 7) is 0. The Morgan fingerprint density at radius 2 is 1.26 bits per heavy atom. The lowest BCUT2D eigenvalue weighted by Crippen LogP contribution is -2.13. The van der Waals surface area contributed by atoms with Gasteiger partial charge in [-0.25, -0.2) is 0 Å². The topological polar surface area (TPSA) is 18.1 Å². The molecule has 1 unspecified atom stereocenters. The first-order valence-electron chi connectivity index (χ1n) is 17.5. The molecule has 0 aliphatic heterocycles. The van der Waals surface area contributed by atoms with E-state index < -0.39 is 0 Å². The highest BCUT2D eigenvalue weighted by Crippen LogP contribution is 2.51. The maximum absolute atomic E-state index is 6.49.